The summed E-state index contributed by atoms with van der Waals surface area (Å²) in [7, 11) is 1.70. The van der Waals surface area contributed by atoms with Gasteiger partial charge in [0.1, 0.15) is 5.75 Å². The van der Waals surface area contributed by atoms with Gasteiger partial charge in [0, 0.05) is 32.1 Å². The molecular formula is C16H27Cl2N3O2. The minimum Gasteiger partial charge on any atom is -0.495 e. The van der Waals surface area contributed by atoms with Gasteiger partial charge in [0.2, 0.25) is 5.91 Å². The number of benzene rings is 1. The molecule has 2 unspecified atom stereocenters. The fourth-order valence-corrected chi connectivity index (χ4v) is 2.73. The molecule has 0 aliphatic carbocycles. The number of nitrogens with one attached hydrogen (secondary N) is 1. The summed E-state index contributed by atoms with van der Waals surface area (Å²) in [5, 5.41) is 2.98. The minimum absolute atomic E-state index is 0. The number of para-hydroxylation sites is 2. The number of hydrogen-bond donors (Lipinski definition) is 2. The molecule has 1 aliphatic rings. The van der Waals surface area contributed by atoms with Gasteiger partial charge in [-0.3, -0.25) is 4.79 Å². The fraction of sp³-hybridized carbons (Fsp3) is 0.562. The van der Waals surface area contributed by atoms with E-state index in [1.165, 1.54) is 0 Å². The maximum absolute atomic E-state index is 11.6. The molecule has 2 atom stereocenters. The van der Waals surface area contributed by atoms with Gasteiger partial charge in [-0.2, -0.15) is 0 Å². The number of carbonyl (C=O) groups excluding carboxylic acids is 1. The first kappa shape index (κ1) is 21.8. The van der Waals surface area contributed by atoms with Crippen LogP contribution in [0.15, 0.2) is 24.3 Å². The largest absolute Gasteiger partial charge is 0.495 e. The molecule has 5 nitrogen and oxygen atoms in total. The molecule has 1 aliphatic heterocycles. The van der Waals surface area contributed by atoms with E-state index in [0.717, 1.165) is 37.5 Å². The van der Waals surface area contributed by atoms with Crippen molar-refractivity contribution in [2.24, 2.45) is 11.7 Å². The van der Waals surface area contributed by atoms with E-state index in [1.807, 2.05) is 25.1 Å². The summed E-state index contributed by atoms with van der Waals surface area (Å²) in [6.45, 7) is 4.50. The van der Waals surface area contributed by atoms with Crippen molar-refractivity contribution in [3.05, 3.63) is 24.3 Å². The van der Waals surface area contributed by atoms with Crippen LogP contribution in [0.5, 0.6) is 5.75 Å². The Morgan fingerprint density at radius 2 is 2.13 bits per heavy atom. The summed E-state index contributed by atoms with van der Waals surface area (Å²) in [4.78, 5) is 14.0. The van der Waals surface area contributed by atoms with Gasteiger partial charge in [0.15, 0.2) is 0 Å². The Balaban J connectivity index is 0.00000242. The zero-order valence-corrected chi connectivity index (χ0v) is 15.3. The molecule has 1 amide bonds. The molecule has 1 heterocycles. The lowest BCUT2D eigenvalue weighted by atomic mass is 10.1. The maximum Gasteiger partial charge on any atom is 0.221 e. The van der Waals surface area contributed by atoms with Gasteiger partial charge in [-0.15, -0.1) is 24.8 Å². The van der Waals surface area contributed by atoms with Crippen LogP contribution in [0.25, 0.3) is 0 Å². The lowest BCUT2D eigenvalue weighted by Gasteiger charge is -2.21. The third-order valence-electron chi connectivity index (χ3n) is 3.81. The van der Waals surface area contributed by atoms with Crippen LogP contribution in [0.3, 0.4) is 0 Å². The van der Waals surface area contributed by atoms with Crippen molar-refractivity contribution in [3.63, 3.8) is 0 Å². The van der Waals surface area contributed by atoms with Crippen LogP contribution in [0.2, 0.25) is 0 Å². The summed E-state index contributed by atoms with van der Waals surface area (Å²) < 4.78 is 5.41. The third-order valence-corrected chi connectivity index (χ3v) is 3.81. The number of rotatable bonds is 6. The summed E-state index contributed by atoms with van der Waals surface area (Å²) in [6.07, 6.45) is 1.47. The number of carbonyl (C=O) groups is 1. The van der Waals surface area contributed by atoms with Crippen LogP contribution in [0.4, 0.5) is 5.69 Å². The van der Waals surface area contributed by atoms with Crippen LogP contribution in [0.1, 0.15) is 19.8 Å². The van der Waals surface area contributed by atoms with Gasteiger partial charge in [0.05, 0.1) is 12.8 Å². The van der Waals surface area contributed by atoms with E-state index < -0.39 is 0 Å². The van der Waals surface area contributed by atoms with Crippen LogP contribution in [0, 0.1) is 5.92 Å². The van der Waals surface area contributed by atoms with Crippen LogP contribution < -0.4 is 20.7 Å². The van der Waals surface area contributed by atoms with E-state index in [2.05, 4.69) is 16.3 Å². The number of methoxy groups -OCH3 is 1. The first-order valence-electron chi connectivity index (χ1n) is 7.50. The summed E-state index contributed by atoms with van der Waals surface area (Å²) in [6, 6.07) is 7.97. The van der Waals surface area contributed by atoms with E-state index in [1.54, 1.807) is 7.11 Å². The van der Waals surface area contributed by atoms with Crippen LogP contribution in [-0.4, -0.2) is 38.7 Å². The molecule has 0 radical (unpaired) electrons. The molecule has 0 aromatic heterocycles. The normalized spacial score (nSPS) is 17.7. The number of amides is 1. The van der Waals surface area contributed by atoms with E-state index >= 15 is 0 Å². The standard InChI is InChI=1S/C16H25N3O2.2ClH/c1-12(17)9-16(20)18-10-13-7-8-19(11-13)14-5-3-4-6-15(14)21-2;;/h3-6,12-13H,7-11,17H2,1-2H3,(H,18,20);2*1H. The molecule has 1 aromatic rings. The average molecular weight is 364 g/mol. The van der Waals surface area contributed by atoms with Crippen molar-refractivity contribution in [2.75, 3.05) is 31.6 Å². The highest BCUT2D eigenvalue weighted by Crippen LogP contribution is 2.31. The summed E-state index contributed by atoms with van der Waals surface area (Å²) >= 11 is 0. The van der Waals surface area contributed by atoms with Gasteiger partial charge in [-0.05, 0) is 31.4 Å². The highest BCUT2D eigenvalue weighted by molar-refractivity contribution is 5.85. The fourth-order valence-electron chi connectivity index (χ4n) is 2.73. The zero-order chi connectivity index (χ0) is 15.2. The molecule has 23 heavy (non-hydrogen) atoms. The van der Waals surface area contributed by atoms with Crippen molar-refractivity contribution in [1.82, 2.24) is 5.32 Å². The molecule has 1 saturated heterocycles. The van der Waals surface area contributed by atoms with Crippen LogP contribution >= 0.6 is 24.8 Å². The van der Waals surface area contributed by atoms with E-state index in [4.69, 9.17) is 10.5 Å². The van der Waals surface area contributed by atoms with Gasteiger partial charge >= 0.3 is 0 Å². The van der Waals surface area contributed by atoms with E-state index in [-0.39, 0.29) is 36.8 Å². The van der Waals surface area contributed by atoms with Gasteiger partial charge < -0.3 is 20.7 Å². The second-order valence-corrected chi connectivity index (χ2v) is 5.76. The zero-order valence-electron chi connectivity index (χ0n) is 13.7. The molecule has 132 valence electrons. The topological polar surface area (TPSA) is 67.6 Å². The first-order chi connectivity index (χ1) is 10.1. The number of halogens is 2. The number of nitrogens with two attached hydrogens (primary N) is 1. The number of ether oxygens (including phenoxy) is 1. The summed E-state index contributed by atoms with van der Waals surface area (Å²) in [5.41, 5.74) is 6.75. The van der Waals surface area contributed by atoms with Crippen molar-refractivity contribution in [3.8, 4) is 5.75 Å². The third kappa shape index (κ3) is 6.45. The van der Waals surface area contributed by atoms with Crippen molar-refractivity contribution >= 4 is 36.4 Å². The van der Waals surface area contributed by atoms with Crippen molar-refractivity contribution < 1.29 is 9.53 Å². The van der Waals surface area contributed by atoms with Crippen molar-refractivity contribution in [2.45, 2.75) is 25.8 Å². The smallest absolute Gasteiger partial charge is 0.221 e. The SMILES string of the molecule is COc1ccccc1N1CCC(CNC(=O)CC(C)N)C1.Cl.Cl. The Bertz CT molecular complexity index is 486. The first-order valence-corrected chi connectivity index (χ1v) is 7.50. The lowest BCUT2D eigenvalue weighted by Crippen LogP contribution is -2.34. The number of nitrogens with zero attached hydrogens (tertiary/aromatic N) is 1. The Morgan fingerprint density at radius 1 is 1.43 bits per heavy atom. The van der Waals surface area contributed by atoms with Gasteiger partial charge in [-0.1, -0.05) is 12.1 Å². The monoisotopic (exact) mass is 363 g/mol. The maximum atomic E-state index is 11.6. The van der Waals surface area contributed by atoms with Gasteiger partial charge in [0.25, 0.3) is 0 Å². The van der Waals surface area contributed by atoms with Crippen LogP contribution in [-0.2, 0) is 4.79 Å². The number of anilines is 1. The predicted molar refractivity (Wildman–Crippen MR) is 99.1 cm³/mol. The molecule has 0 bridgehead atoms. The van der Waals surface area contributed by atoms with Crippen molar-refractivity contribution in [1.29, 1.82) is 0 Å². The molecular weight excluding hydrogens is 337 g/mol. The second kappa shape index (κ2) is 10.6. The second-order valence-electron chi connectivity index (χ2n) is 5.76. The molecule has 0 saturated carbocycles. The van der Waals surface area contributed by atoms with E-state index in [0.29, 0.717) is 12.3 Å². The predicted octanol–water partition coefficient (Wildman–Crippen LogP) is 2.22. The quantitative estimate of drug-likeness (QED) is 0.812. The van der Waals surface area contributed by atoms with Gasteiger partial charge in [-0.25, -0.2) is 0 Å². The Kier molecular flexibility index (Phi) is 10.0. The summed E-state index contributed by atoms with van der Waals surface area (Å²) in [5.74, 6) is 1.42. The molecule has 2 rings (SSSR count). The number of hydrogen-bond acceptors (Lipinski definition) is 4. The van der Waals surface area contributed by atoms with E-state index in [9.17, 15) is 4.79 Å². The Hall–Kier alpha value is -1.17. The molecule has 0 spiro atoms. The Labute approximate surface area is 150 Å². The molecule has 3 N–H and O–H groups in total. The average Bonchev–Trinajstić information content (AvgIpc) is 2.93. The molecule has 1 fully saturated rings. The highest BCUT2D eigenvalue weighted by Gasteiger charge is 2.24. The Morgan fingerprint density at radius 3 is 2.78 bits per heavy atom. The lowest BCUT2D eigenvalue weighted by molar-refractivity contribution is -0.121. The highest BCUT2D eigenvalue weighted by atomic mass is 35.5. The molecule has 7 heteroatoms. The minimum atomic E-state index is -0.0846. The molecule has 1 aromatic carbocycles.